The van der Waals surface area contributed by atoms with Crippen molar-refractivity contribution in [2.24, 2.45) is 0 Å². The van der Waals surface area contributed by atoms with E-state index in [0.717, 1.165) is 39.5 Å². The summed E-state index contributed by atoms with van der Waals surface area (Å²) < 4.78 is 22.7. The summed E-state index contributed by atoms with van der Waals surface area (Å²) in [5.74, 6) is 1.69. The third-order valence-electron chi connectivity index (χ3n) is 4.53. The lowest BCUT2D eigenvalue weighted by molar-refractivity contribution is 0.180. The van der Waals surface area contributed by atoms with Crippen LogP contribution in [0.3, 0.4) is 0 Å². The summed E-state index contributed by atoms with van der Waals surface area (Å²) in [4.78, 5) is 0. The van der Waals surface area contributed by atoms with Crippen LogP contribution in [0.5, 0.6) is 11.5 Å². The SMILES string of the molecule is C=COCCOc1c2ccccc2c(OCCOC=C)c2cc(CC)ccc12. The van der Waals surface area contributed by atoms with Crippen molar-refractivity contribution in [2.75, 3.05) is 26.4 Å². The minimum atomic E-state index is 0.439. The van der Waals surface area contributed by atoms with Crippen LogP contribution in [-0.4, -0.2) is 26.4 Å². The van der Waals surface area contributed by atoms with Crippen molar-refractivity contribution in [2.45, 2.75) is 13.3 Å². The minimum Gasteiger partial charge on any atom is -0.498 e. The summed E-state index contributed by atoms with van der Waals surface area (Å²) in [6.07, 6.45) is 3.80. The summed E-state index contributed by atoms with van der Waals surface area (Å²) in [6.45, 7) is 11.1. The molecule has 0 spiro atoms. The molecule has 0 saturated carbocycles. The van der Waals surface area contributed by atoms with E-state index in [2.05, 4.69) is 50.4 Å². The molecule has 3 rings (SSSR count). The lowest BCUT2D eigenvalue weighted by Crippen LogP contribution is -2.07. The Balaban J connectivity index is 2.12. The van der Waals surface area contributed by atoms with E-state index in [1.54, 1.807) is 0 Å². The Morgan fingerprint density at radius 1 is 0.714 bits per heavy atom. The standard InChI is InChI=1S/C24H26O4/c1-4-18-11-12-21-22(17-18)24(28-16-14-26-6-3)20-10-8-7-9-19(20)23(21)27-15-13-25-5-2/h5-12,17H,2-4,13-16H2,1H3. The first-order valence-electron chi connectivity index (χ1n) is 9.48. The van der Waals surface area contributed by atoms with Crippen LogP contribution in [-0.2, 0) is 15.9 Å². The van der Waals surface area contributed by atoms with Gasteiger partial charge in [0.2, 0.25) is 0 Å². The third kappa shape index (κ3) is 4.22. The molecule has 0 N–H and O–H groups in total. The third-order valence-corrected chi connectivity index (χ3v) is 4.53. The molecule has 0 unspecified atom stereocenters. The molecule has 3 aromatic rings. The van der Waals surface area contributed by atoms with Crippen molar-refractivity contribution < 1.29 is 18.9 Å². The van der Waals surface area contributed by atoms with Crippen molar-refractivity contribution in [3.8, 4) is 11.5 Å². The first kappa shape index (κ1) is 19.6. The van der Waals surface area contributed by atoms with E-state index < -0.39 is 0 Å². The molecule has 0 radical (unpaired) electrons. The molecule has 0 fully saturated rings. The zero-order valence-electron chi connectivity index (χ0n) is 16.3. The van der Waals surface area contributed by atoms with Gasteiger partial charge in [0.05, 0.1) is 12.5 Å². The molecule has 3 aromatic carbocycles. The molecule has 0 saturated heterocycles. The van der Waals surface area contributed by atoms with Gasteiger partial charge in [-0.2, -0.15) is 0 Å². The molecule has 28 heavy (non-hydrogen) atoms. The van der Waals surface area contributed by atoms with Crippen LogP contribution in [0.2, 0.25) is 0 Å². The maximum absolute atomic E-state index is 6.17. The van der Waals surface area contributed by atoms with Gasteiger partial charge < -0.3 is 18.9 Å². The fraction of sp³-hybridized carbons (Fsp3) is 0.250. The predicted molar refractivity (Wildman–Crippen MR) is 114 cm³/mol. The second-order valence-corrected chi connectivity index (χ2v) is 6.21. The van der Waals surface area contributed by atoms with E-state index >= 15 is 0 Å². The Hall–Kier alpha value is -3.14. The van der Waals surface area contributed by atoms with Crippen molar-refractivity contribution in [1.82, 2.24) is 0 Å². The first-order chi connectivity index (χ1) is 13.8. The first-order valence-corrected chi connectivity index (χ1v) is 9.48. The lowest BCUT2D eigenvalue weighted by atomic mass is 9.98. The molecule has 0 amide bonds. The molecule has 0 aliphatic heterocycles. The fourth-order valence-corrected chi connectivity index (χ4v) is 3.23. The maximum Gasteiger partial charge on any atom is 0.135 e. The van der Waals surface area contributed by atoms with Gasteiger partial charge in [0.25, 0.3) is 0 Å². The van der Waals surface area contributed by atoms with Crippen molar-refractivity contribution in [1.29, 1.82) is 0 Å². The predicted octanol–water partition coefficient (Wildman–Crippen LogP) is 5.63. The molecular formula is C24H26O4. The normalized spacial score (nSPS) is 10.6. The number of hydrogen-bond donors (Lipinski definition) is 0. The van der Waals surface area contributed by atoms with E-state index in [1.165, 1.54) is 18.1 Å². The molecule has 0 aliphatic rings. The molecule has 4 nitrogen and oxygen atoms in total. The molecule has 0 atom stereocenters. The van der Waals surface area contributed by atoms with Crippen LogP contribution in [0.1, 0.15) is 12.5 Å². The minimum absolute atomic E-state index is 0.439. The summed E-state index contributed by atoms with van der Waals surface area (Å²) in [5.41, 5.74) is 1.25. The maximum atomic E-state index is 6.17. The Morgan fingerprint density at radius 3 is 1.79 bits per heavy atom. The molecule has 0 aliphatic carbocycles. The van der Waals surface area contributed by atoms with Gasteiger partial charge in [-0.05, 0) is 18.1 Å². The van der Waals surface area contributed by atoms with Crippen molar-refractivity contribution in [3.05, 3.63) is 73.7 Å². The van der Waals surface area contributed by atoms with Crippen molar-refractivity contribution >= 4 is 21.5 Å². The van der Waals surface area contributed by atoms with Gasteiger partial charge in [0.15, 0.2) is 0 Å². The summed E-state index contributed by atoms with van der Waals surface area (Å²) in [5, 5.41) is 4.09. The van der Waals surface area contributed by atoms with Crippen LogP contribution < -0.4 is 9.47 Å². The van der Waals surface area contributed by atoms with Crippen LogP contribution in [0.4, 0.5) is 0 Å². The van der Waals surface area contributed by atoms with E-state index in [-0.39, 0.29) is 0 Å². The average molecular weight is 378 g/mol. The van der Waals surface area contributed by atoms with Gasteiger partial charge in [0.1, 0.15) is 37.9 Å². The van der Waals surface area contributed by atoms with Gasteiger partial charge in [-0.1, -0.05) is 56.5 Å². The second kappa shape index (κ2) is 9.70. The smallest absolute Gasteiger partial charge is 0.135 e. The number of benzene rings is 3. The Bertz CT molecular complexity index is 962. The van der Waals surface area contributed by atoms with Gasteiger partial charge in [-0.25, -0.2) is 0 Å². The quantitative estimate of drug-likeness (QED) is 0.246. The highest BCUT2D eigenvalue weighted by Gasteiger charge is 2.16. The lowest BCUT2D eigenvalue weighted by Gasteiger charge is -2.18. The Labute approximate surface area is 166 Å². The monoisotopic (exact) mass is 378 g/mol. The Kier molecular flexibility index (Phi) is 6.79. The fourth-order valence-electron chi connectivity index (χ4n) is 3.23. The highest BCUT2D eigenvalue weighted by Crippen LogP contribution is 2.43. The van der Waals surface area contributed by atoms with Crippen LogP contribution in [0.15, 0.2) is 68.1 Å². The average Bonchev–Trinajstić information content (AvgIpc) is 2.74. The number of rotatable bonds is 11. The van der Waals surface area contributed by atoms with E-state index in [1.807, 2.05) is 12.1 Å². The summed E-state index contributed by atoms with van der Waals surface area (Å²) >= 11 is 0. The highest BCUT2D eigenvalue weighted by atomic mass is 16.5. The molecule has 0 aromatic heterocycles. The second-order valence-electron chi connectivity index (χ2n) is 6.21. The van der Waals surface area contributed by atoms with Crippen LogP contribution >= 0.6 is 0 Å². The molecule has 0 heterocycles. The van der Waals surface area contributed by atoms with E-state index in [9.17, 15) is 0 Å². The number of hydrogen-bond acceptors (Lipinski definition) is 4. The summed E-state index contributed by atoms with van der Waals surface area (Å²) in [7, 11) is 0. The number of ether oxygens (including phenoxy) is 4. The van der Waals surface area contributed by atoms with Crippen LogP contribution in [0, 0.1) is 0 Å². The largest absolute Gasteiger partial charge is 0.498 e. The molecular weight excluding hydrogens is 352 g/mol. The zero-order valence-corrected chi connectivity index (χ0v) is 16.3. The Morgan fingerprint density at radius 2 is 1.25 bits per heavy atom. The van der Waals surface area contributed by atoms with Gasteiger partial charge in [0, 0.05) is 21.5 Å². The highest BCUT2D eigenvalue weighted by molar-refractivity contribution is 6.11. The topological polar surface area (TPSA) is 36.9 Å². The van der Waals surface area contributed by atoms with Gasteiger partial charge in [-0.15, -0.1) is 0 Å². The van der Waals surface area contributed by atoms with E-state index in [4.69, 9.17) is 18.9 Å². The summed E-state index contributed by atoms with van der Waals surface area (Å²) in [6, 6.07) is 14.6. The zero-order chi connectivity index (χ0) is 19.8. The number of aryl methyl sites for hydroxylation is 1. The number of fused-ring (bicyclic) bond motifs is 2. The van der Waals surface area contributed by atoms with Crippen LogP contribution in [0.25, 0.3) is 21.5 Å². The molecule has 0 bridgehead atoms. The van der Waals surface area contributed by atoms with Gasteiger partial charge in [-0.3, -0.25) is 0 Å². The molecule has 146 valence electrons. The van der Waals surface area contributed by atoms with Gasteiger partial charge >= 0.3 is 0 Å². The van der Waals surface area contributed by atoms with E-state index in [0.29, 0.717) is 26.4 Å². The molecule has 4 heteroatoms. The van der Waals surface area contributed by atoms with Crippen molar-refractivity contribution in [3.63, 3.8) is 0 Å².